The second-order valence-electron chi connectivity index (χ2n) is 3.49. The van der Waals surface area contributed by atoms with Crippen molar-refractivity contribution in [3.63, 3.8) is 0 Å². The Morgan fingerprint density at radius 3 is 3.10 bits per heavy atom. The Hall–Kier alpha value is -1.19. The molecule has 0 radical (unpaired) electrons. The zero-order chi connectivity index (χ0) is 14.8. The molecule has 1 rings (SSSR count). The maximum absolute atomic E-state index is 12.0. The van der Waals surface area contributed by atoms with Crippen molar-refractivity contribution >= 4 is 35.3 Å². The van der Waals surface area contributed by atoms with Gasteiger partial charge in [0, 0.05) is 13.7 Å². The van der Waals surface area contributed by atoms with Crippen LogP contribution >= 0.6 is 24.0 Å². The van der Waals surface area contributed by atoms with Gasteiger partial charge in [-0.2, -0.15) is 13.9 Å². The summed E-state index contributed by atoms with van der Waals surface area (Å²) in [5.41, 5.74) is 2.60. The summed E-state index contributed by atoms with van der Waals surface area (Å²) in [4.78, 5) is 0. The molecule has 0 amide bonds. The summed E-state index contributed by atoms with van der Waals surface area (Å²) in [5.74, 6) is -1.36. The summed E-state index contributed by atoms with van der Waals surface area (Å²) in [6.07, 6.45) is 1.42. The van der Waals surface area contributed by atoms with E-state index in [1.54, 1.807) is 19.2 Å². The number of furan rings is 1. The van der Waals surface area contributed by atoms with Gasteiger partial charge in [-0.25, -0.2) is 0 Å². The molecule has 0 saturated carbocycles. The summed E-state index contributed by atoms with van der Waals surface area (Å²) in [5, 5.41) is 7.09. The fourth-order valence-corrected chi connectivity index (χ4v) is 1.75. The largest absolute Gasteiger partial charge is 0.459 e. The summed E-state index contributed by atoms with van der Waals surface area (Å²) in [6, 6.07) is 3.28. The van der Waals surface area contributed by atoms with Crippen LogP contribution in [-0.4, -0.2) is 37.3 Å². The second-order valence-corrected chi connectivity index (χ2v) is 4.88. The van der Waals surface area contributed by atoms with Crippen LogP contribution in [0.15, 0.2) is 21.7 Å². The summed E-state index contributed by atoms with van der Waals surface area (Å²) >= 11 is 5.46. The van der Waals surface area contributed by atoms with Crippen LogP contribution in [0.1, 0.15) is 11.5 Å². The zero-order valence-electron chi connectivity index (χ0n) is 10.8. The van der Waals surface area contributed by atoms with Crippen molar-refractivity contribution in [2.45, 2.75) is 11.5 Å². The SMILES string of the molecule is COCCNC(=S)N/N=C\c1ccc(CSC(F)F)o1. The number of hydrogen-bond donors (Lipinski definition) is 2. The van der Waals surface area contributed by atoms with E-state index in [-0.39, 0.29) is 5.75 Å². The Labute approximate surface area is 125 Å². The van der Waals surface area contributed by atoms with Crippen molar-refractivity contribution in [3.8, 4) is 0 Å². The zero-order valence-corrected chi connectivity index (χ0v) is 12.4. The number of hydrazone groups is 1. The van der Waals surface area contributed by atoms with Crippen LogP contribution < -0.4 is 10.7 Å². The van der Waals surface area contributed by atoms with Crippen molar-refractivity contribution in [3.05, 3.63) is 23.7 Å². The third-order valence-electron chi connectivity index (χ3n) is 1.98. The molecule has 0 aliphatic rings. The van der Waals surface area contributed by atoms with Crippen LogP contribution in [0.3, 0.4) is 0 Å². The Morgan fingerprint density at radius 1 is 1.60 bits per heavy atom. The highest BCUT2D eigenvalue weighted by molar-refractivity contribution is 7.98. The average molecular weight is 323 g/mol. The number of alkyl halides is 2. The molecule has 5 nitrogen and oxygen atoms in total. The number of ether oxygens (including phenoxy) is 1. The fourth-order valence-electron chi connectivity index (χ4n) is 1.15. The van der Waals surface area contributed by atoms with Gasteiger partial charge in [0.1, 0.15) is 11.5 Å². The first-order valence-electron chi connectivity index (χ1n) is 5.66. The van der Waals surface area contributed by atoms with Crippen LogP contribution in [0.2, 0.25) is 0 Å². The van der Waals surface area contributed by atoms with Crippen molar-refractivity contribution in [1.82, 2.24) is 10.7 Å². The van der Waals surface area contributed by atoms with E-state index < -0.39 is 5.76 Å². The van der Waals surface area contributed by atoms with Gasteiger partial charge in [-0.1, -0.05) is 11.8 Å². The lowest BCUT2D eigenvalue weighted by Crippen LogP contribution is -2.34. The van der Waals surface area contributed by atoms with Gasteiger partial charge in [0.25, 0.3) is 5.76 Å². The average Bonchev–Trinajstić information content (AvgIpc) is 2.85. The molecule has 0 aromatic carbocycles. The number of halogens is 2. The minimum Gasteiger partial charge on any atom is -0.459 e. The molecule has 112 valence electrons. The Morgan fingerprint density at radius 2 is 2.40 bits per heavy atom. The van der Waals surface area contributed by atoms with Gasteiger partial charge in [-0.05, 0) is 24.4 Å². The van der Waals surface area contributed by atoms with Gasteiger partial charge in [0.05, 0.1) is 18.6 Å². The van der Waals surface area contributed by atoms with E-state index in [0.717, 1.165) is 0 Å². The minimum atomic E-state index is -2.41. The van der Waals surface area contributed by atoms with E-state index in [9.17, 15) is 8.78 Å². The molecule has 1 aromatic rings. The lowest BCUT2D eigenvalue weighted by Gasteiger charge is -2.04. The van der Waals surface area contributed by atoms with E-state index in [0.29, 0.717) is 41.5 Å². The molecule has 0 unspecified atom stereocenters. The molecule has 0 spiro atoms. The van der Waals surface area contributed by atoms with Gasteiger partial charge in [0.2, 0.25) is 0 Å². The van der Waals surface area contributed by atoms with Gasteiger partial charge >= 0.3 is 0 Å². The number of methoxy groups -OCH3 is 1. The molecule has 0 fully saturated rings. The van der Waals surface area contributed by atoms with Gasteiger partial charge < -0.3 is 14.5 Å². The highest BCUT2D eigenvalue weighted by Gasteiger charge is 2.06. The quantitative estimate of drug-likeness (QED) is 0.331. The lowest BCUT2D eigenvalue weighted by atomic mass is 10.4. The molecule has 2 N–H and O–H groups in total. The third kappa shape index (κ3) is 7.41. The van der Waals surface area contributed by atoms with E-state index in [4.69, 9.17) is 21.4 Å². The van der Waals surface area contributed by atoms with Gasteiger partial charge in [-0.3, -0.25) is 5.43 Å². The number of thiocarbonyl (C=S) groups is 1. The van der Waals surface area contributed by atoms with Gasteiger partial charge in [0.15, 0.2) is 5.11 Å². The van der Waals surface area contributed by atoms with Crippen molar-refractivity contribution in [2.24, 2.45) is 5.10 Å². The van der Waals surface area contributed by atoms with Crippen molar-refractivity contribution in [2.75, 3.05) is 20.3 Å². The smallest absolute Gasteiger partial charge is 0.284 e. The topological polar surface area (TPSA) is 58.8 Å². The maximum atomic E-state index is 12.0. The molecule has 1 heterocycles. The first kappa shape index (κ1) is 16.9. The molecular formula is C11H15F2N3O2S2. The van der Waals surface area contributed by atoms with Crippen LogP contribution in [0.25, 0.3) is 0 Å². The molecule has 9 heteroatoms. The molecule has 20 heavy (non-hydrogen) atoms. The van der Waals surface area contributed by atoms with Gasteiger partial charge in [-0.15, -0.1) is 0 Å². The molecule has 0 aliphatic carbocycles. The lowest BCUT2D eigenvalue weighted by molar-refractivity contribution is 0.204. The number of thioether (sulfide) groups is 1. The summed E-state index contributed by atoms with van der Waals surface area (Å²) < 4.78 is 34.1. The van der Waals surface area contributed by atoms with Crippen LogP contribution in [-0.2, 0) is 10.5 Å². The molecule has 0 atom stereocenters. The molecule has 0 saturated heterocycles. The highest BCUT2D eigenvalue weighted by atomic mass is 32.2. The summed E-state index contributed by atoms with van der Waals surface area (Å²) in [7, 11) is 1.59. The fraction of sp³-hybridized carbons (Fsp3) is 0.455. The van der Waals surface area contributed by atoms with E-state index in [1.807, 2.05) is 0 Å². The molecular weight excluding hydrogens is 308 g/mol. The number of nitrogens with one attached hydrogen (secondary N) is 2. The highest BCUT2D eigenvalue weighted by Crippen LogP contribution is 2.20. The Kier molecular flexibility index (Phi) is 8.16. The predicted octanol–water partition coefficient (Wildman–Crippen LogP) is 2.18. The maximum Gasteiger partial charge on any atom is 0.284 e. The number of rotatable bonds is 8. The second kappa shape index (κ2) is 9.67. The number of nitrogens with zero attached hydrogens (tertiary/aromatic N) is 1. The number of hydrogen-bond acceptors (Lipinski definition) is 5. The normalized spacial score (nSPS) is 11.2. The predicted molar refractivity (Wildman–Crippen MR) is 79.2 cm³/mol. The first-order chi connectivity index (χ1) is 9.61. The van der Waals surface area contributed by atoms with Crippen LogP contribution in [0, 0.1) is 0 Å². The minimum absolute atomic E-state index is 0.121. The molecule has 1 aromatic heterocycles. The molecule has 0 bridgehead atoms. The van der Waals surface area contributed by atoms with Crippen LogP contribution in [0.4, 0.5) is 8.78 Å². The summed E-state index contributed by atoms with van der Waals surface area (Å²) in [6.45, 7) is 1.11. The molecule has 0 aliphatic heterocycles. The van der Waals surface area contributed by atoms with Crippen molar-refractivity contribution in [1.29, 1.82) is 0 Å². The monoisotopic (exact) mass is 323 g/mol. The van der Waals surface area contributed by atoms with E-state index >= 15 is 0 Å². The first-order valence-corrected chi connectivity index (χ1v) is 7.12. The van der Waals surface area contributed by atoms with E-state index in [2.05, 4.69) is 15.8 Å². The van der Waals surface area contributed by atoms with E-state index in [1.165, 1.54) is 6.21 Å². The standard InChI is InChI=1S/C11H15F2N3O2S2/c1-17-5-4-14-11(19)16-15-6-8-2-3-9(18-8)7-20-10(12)13/h2-3,6,10H,4-5,7H2,1H3,(H2,14,16,19)/b15-6-. The Balaban J connectivity index is 2.29. The van der Waals surface area contributed by atoms with Crippen molar-refractivity contribution < 1.29 is 17.9 Å². The van der Waals surface area contributed by atoms with Crippen LogP contribution in [0.5, 0.6) is 0 Å². The third-order valence-corrected chi connectivity index (χ3v) is 2.92. The Bertz CT molecular complexity index is 441.